The summed E-state index contributed by atoms with van der Waals surface area (Å²) in [6.07, 6.45) is 7.20. The highest BCUT2D eigenvalue weighted by Gasteiger charge is 2.25. The Balaban J connectivity index is 1.57. The lowest BCUT2D eigenvalue weighted by Gasteiger charge is -2.33. The van der Waals surface area contributed by atoms with Gasteiger partial charge in [-0.1, -0.05) is 36.2 Å². The van der Waals surface area contributed by atoms with Crippen molar-refractivity contribution >= 4 is 23.6 Å². The number of pyridine rings is 1. The third-order valence-corrected chi connectivity index (χ3v) is 6.07. The van der Waals surface area contributed by atoms with Gasteiger partial charge < -0.3 is 14.2 Å². The molecule has 2 aromatic heterocycles. The molecular weight excluding hydrogens is 390 g/mol. The van der Waals surface area contributed by atoms with Crippen molar-refractivity contribution in [2.24, 2.45) is 0 Å². The molecule has 0 unspecified atom stereocenters. The zero-order chi connectivity index (χ0) is 20.6. The van der Waals surface area contributed by atoms with E-state index in [0.29, 0.717) is 22.9 Å². The molecule has 8 heteroatoms. The molecule has 0 saturated heterocycles. The van der Waals surface area contributed by atoms with E-state index in [4.69, 9.17) is 9.26 Å². The number of thioether (sulfide) groups is 1. The van der Waals surface area contributed by atoms with E-state index in [9.17, 15) is 9.59 Å². The number of nitrogens with zero attached hydrogens (tertiary/aromatic N) is 3. The van der Waals surface area contributed by atoms with Gasteiger partial charge in [-0.15, -0.1) is 0 Å². The molecule has 0 bridgehead atoms. The van der Waals surface area contributed by atoms with E-state index in [-0.39, 0.29) is 18.6 Å². The molecule has 3 rings (SSSR count). The number of aromatic nitrogens is 2. The average Bonchev–Trinajstić information content (AvgIpc) is 3.17. The van der Waals surface area contributed by atoms with E-state index < -0.39 is 5.97 Å². The number of aryl methyl sites for hydroxylation is 1. The van der Waals surface area contributed by atoms with Gasteiger partial charge in [0.1, 0.15) is 10.8 Å². The van der Waals surface area contributed by atoms with Crippen molar-refractivity contribution in [2.75, 3.05) is 13.2 Å². The first-order valence-corrected chi connectivity index (χ1v) is 11.0. The Morgan fingerprint density at radius 2 is 2.10 bits per heavy atom. The molecule has 0 radical (unpaired) electrons. The third-order valence-electron chi connectivity index (χ3n) is 5.03. The number of rotatable bonds is 8. The van der Waals surface area contributed by atoms with Crippen LogP contribution in [0.3, 0.4) is 0 Å². The van der Waals surface area contributed by atoms with Crippen LogP contribution in [0.1, 0.15) is 60.8 Å². The van der Waals surface area contributed by atoms with Crippen LogP contribution in [-0.2, 0) is 15.3 Å². The molecule has 7 nitrogen and oxygen atoms in total. The van der Waals surface area contributed by atoms with Crippen molar-refractivity contribution in [2.45, 2.75) is 62.8 Å². The van der Waals surface area contributed by atoms with E-state index in [1.807, 2.05) is 24.8 Å². The zero-order valence-electron chi connectivity index (χ0n) is 16.9. The SMILES string of the molecule is CCN(C(=O)COC(=O)c1cccnc1SCc1cc(C)on1)C1CCCCC1. The highest BCUT2D eigenvalue weighted by atomic mass is 32.2. The van der Waals surface area contributed by atoms with Gasteiger partial charge in [0.25, 0.3) is 5.91 Å². The van der Waals surface area contributed by atoms with Crippen molar-refractivity contribution in [1.29, 1.82) is 0 Å². The molecule has 0 aliphatic heterocycles. The van der Waals surface area contributed by atoms with Crippen LogP contribution in [-0.4, -0.2) is 46.1 Å². The van der Waals surface area contributed by atoms with Crippen LogP contribution in [0, 0.1) is 6.92 Å². The maximum absolute atomic E-state index is 12.6. The summed E-state index contributed by atoms with van der Waals surface area (Å²) in [6, 6.07) is 5.45. The molecule has 1 fully saturated rings. The smallest absolute Gasteiger partial charge is 0.341 e. The maximum Gasteiger partial charge on any atom is 0.341 e. The van der Waals surface area contributed by atoms with Crippen molar-refractivity contribution in [1.82, 2.24) is 15.0 Å². The first kappa shape index (κ1) is 21.4. The summed E-state index contributed by atoms with van der Waals surface area (Å²) in [4.78, 5) is 31.3. The second-order valence-electron chi connectivity index (χ2n) is 7.12. The van der Waals surface area contributed by atoms with Crippen LogP contribution >= 0.6 is 11.8 Å². The summed E-state index contributed by atoms with van der Waals surface area (Å²) in [5.41, 5.74) is 1.13. The summed E-state index contributed by atoms with van der Waals surface area (Å²) in [5, 5.41) is 4.49. The van der Waals surface area contributed by atoms with Gasteiger partial charge in [-0.25, -0.2) is 9.78 Å². The Morgan fingerprint density at radius 1 is 1.31 bits per heavy atom. The molecule has 29 heavy (non-hydrogen) atoms. The summed E-state index contributed by atoms with van der Waals surface area (Å²) >= 11 is 1.38. The number of likely N-dealkylation sites (N-methyl/N-ethyl adjacent to an activating group) is 1. The standard InChI is InChI=1S/C21H27N3O4S/c1-3-24(17-8-5-4-6-9-17)19(25)13-27-21(26)18-10-7-11-22-20(18)29-14-16-12-15(2)28-23-16/h7,10-12,17H,3-6,8-9,13-14H2,1-2H3. The minimum absolute atomic E-state index is 0.135. The largest absolute Gasteiger partial charge is 0.452 e. The molecule has 2 heterocycles. The second kappa shape index (κ2) is 10.4. The number of carbonyl (C=O) groups is 2. The molecule has 1 amide bonds. The monoisotopic (exact) mass is 417 g/mol. The molecule has 156 valence electrons. The summed E-state index contributed by atoms with van der Waals surface area (Å²) in [6.45, 7) is 4.18. The van der Waals surface area contributed by atoms with E-state index in [0.717, 1.165) is 37.1 Å². The van der Waals surface area contributed by atoms with Gasteiger partial charge in [-0.3, -0.25) is 4.79 Å². The minimum Gasteiger partial charge on any atom is -0.452 e. The van der Waals surface area contributed by atoms with Gasteiger partial charge in [0.05, 0.1) is 11.3 Å². The Kier molecular flexibility index (Phi) is 7.69. The molecule has 0 N–H and O–H groups in total. The van der Waals surface area contributed by atoms with Crippen LogP contribution in [0.25, 0.3) is 0 Å². The number of carbonyl (C=O) groups excluding carboxylic acids is 2. The van der Waals surface area contributed by atoms with Crippen LogP contribution in [0.15, 0.2) is 33.9 Å². The fourth-order valence-corrected chi connectivity index (χ4v) is 4.47. The highest BCUT2D eigenvalue weighted by Crippen LogP contribution is 2.25. The highest BCUT2D eigenvalue weighted by molar-refractivity contribution is 7.98. The fourth-order valence-electron chi connectivity index (χ4n) is 3.61. The summed E-state index contributed by atoms with van der Waals surface area (Å²) < 4.78 is 10.4. The van der Waals surface area contributed by atoms with Gasteiger partial charge in [0.15, 0.2) is 6.61 Å². The van der Waals surface area contributed by atoms with Crippen LogP contribution in [0.5, 0.6) is 0 Å². The van der Waals surface area contributed by atoms with Crippen LogP contribution < -0.4 is 0 Å². The van der Waals surface area contributed by atoms with E-state index in [2.05, 4.69) is 10.1 Å². The molecule has 0 spiro atoms. The predicted molar refractivity (Wildman–Crippen MR) is 110 cm³/mol. The lowest BCUT2D eigenvalue weighted by atomic mass is 9.94. The Labute approximate surface area is 175 Å². The van der Waals surface area contributed by atoms with Gasteiger partial charge in [-0.05, 0) is 38.8 Å². The topological polar surface area (TPSA) is 85.5 Å². The van der Waals surface area contributed by atoms with Gasteiger partial charge >= 0.3 is 5.97 Å². The molecule has 0 atom stereocenters. The van der Waals surface area contributed by atoms with Crippen molar-refractivity contribution in [3.8, 4) is 0 Å². The van der Waals surface area contributed by atoms with Gasteiger partial charge in [0, 0.05) is 30.6 Å². The van der Waals surface area contributed by atoms with Gasteiger partial charge in [-0.2, -0.15) is 0 Å². The zero-order valence-corrected chi connectivity index (χ0v) is 17.7. The lowest BCUT2D eigenvalue weighted by molar-refractivity contribution is -0.137. The average molecular weight is 418 g/mol. The van der Waals surface area contributed by atoms with Crippen LogP contribution in [0.2, 0.25) is 0 Å². The number of hydrogen-bond donors (Lipinski definition) is 0. The maximum atomic E-state index is 12.6. The van der Waals surface area contributed by atoms with Crippen LogP contribution in [0.4, 0.5) is 0 Å². The minimum atomic E-state index is -0.537. The van der Waals surface area contributed by atoms with E-state index in [1.54, 1.807) is 18.3 Å². The number of ether oxygens (including phenoxy) is 1. The first-order chi connectivity index (χ1) is 14.1. The molecular formula is C21H27N3O4S. The summed E-state index contributed by atoms with van der Waals surface area (Å²) in [7, 11) is 0. The van der Waals surface area contributed by atoms with Crippen molar-refractivity contribution < 1.29 is 18.8 Å². The predicted octanol–water partition coefficient (Wildman–Crippen LogP) is 4.01. The molecule has 1 aliphatic rings. The molecule has 0 aromatic carbocycles. The first-order valence-electron chi connectivity index (χ1n) is 10.0. The lowest BCUT2D eigenvalue weighted by Crippen LogP contribution is -2.43. The quantitative estimate of drug-likeness (QED) is 0.474. The van der Waals surface area contributed by atoms with E-state index in [1.165, 1.54) is 18.2 Å². The number of amides is 1. The Hall–Kier alpha value is -2.35. The normalized spacial score (nSPS) is 14.6. The second-order valence-corrected chi connectivity index (χ2v) is 8.09. The van der Waals surface area contributed by atoms with Crippen molar-refractivity contribution in [3.63, 3.8) is 0 Å². The third kappa shape index (κ3) is 5.82. The van der Waals surface area contributed by atoms with Gasteiger partial charge in [0.2, 0.25) is 0 Å². The Bertz CT molecular complexity index is 833. The van der Waals surface area contributed by atoms with E-state index >= 15 is 0 Å². The fraction of sp³-hybridized carbons (Fsp3) is 0.524. The van der Waals surface area contributed by atoms with Crippen molar-refractivity contribution in [3.05, 3.63) is 41.4 Å². The Morgan fingerprint density at radius 3 is 2.79 bits per heavy atom. The number of hydrogen-bond acceptors (Lipinski definition) is 7. The molecule has 1 saturated carbocycles. The summed E-state index contributed by atoms with van der Waals surface area (Å²) in [5.74, 6) is 0.589. The molecule has 2 aromatic rings. The number of esters is 1. The molecule has 1 aliphatic carbocycles.